The summed E-state index contributed by atoms with van der Waals surface area (Å²) < 4.78 is 11.0. The lowest BCUT2D eigenvalue weighted by Crippen LogP contribution is -2.33. The highest BCUT2D eigenvalue weighted by molar-refractivity contribution is 5.82. The highest BCUT2D eigenvalue weighted by Crippen LogP contribution is 2.51. The number of unbranched alkanes of at least 4 members (excludes halogenated alkanes) is 2. The van der Waals surface area contributed by atoms with Crippen LogP contribution in [0.4, 0.5) is 0 Å². The number of carbonyl (C=O) groups excluding carboxylic acids is 2. The van der Waals surface area contributed by atoms with E-state index in [1.54, 1.807) is 6.08 Å². The maximum atomic E-state index is 12.3. The lowest BCUT2D eigenvalue weighted by molar-refractivity contribution is -0.145. The third-order valence-corrected chi connectivity index (χ3v) is 8.02. The first-order chi connectivity index (χ1) is 18.4. The molecule has 0 saturated heterocycles. The number of ether oxygens (including phenoxy) is 2. The minimum atomic E-state index is -0.500. The van der Waals surface area contributed by atoms with Crippen molar-refractivity contribution < 1.29 is 24.2 Å². The van der Waals surface area contributed by atoms with Crippen molar-refractivity contribution >= 4 is 11.9 Å². The van der Waals surface area contributed by atoms with E-state index < -0.39 is 5.97 Å². The van der Waals surface area contributed by atoms with Crippen LogP contribution in [0.1, 0.15) is 76.7 Å². The third kappa shape index (κ3) is 9.16. The van der Waals surface area contributed by atoms with Gasteiger partial charge in [-0.3, -0.25) is 9.59 Å². The number of benzene rings is 1. The van der Waals surface area contributed by atoms with Gasteiger partial charge < -0.3 is 19.9 Å². The number of amides is 1. The normalized spacial score (nSPS) is 22.8. The Morgan fingerprint density at radius 2 is 1.92 bits per heavy atom. The first kappa shape index (κ1) is 29.7. The van der Waals surface area contributed by atoms with E-state index in [1.807, 2.05) is 30.3 Å². The fraction of sp³-hybridized carbons (Fsp3) is 0.562. The number of nitrogens with one attached hydrogen (secondary N) is 1. The van der Waals surface area contributed by atoms with Gasteiger partial charge in [-0.2, -0.15) is 0 Å². The van der Waals surface area contributed by atoms with Crippen LogP contribution in [-0.4, -0.2) is 36.2 Å². The van der Waals surface area contributed by atoms with Gasteiger partial charge in [-0.05, 0) is 85.5 Å². The van der Waals surface area contributed by atoms with Gasteiger partial charge in [0.1, 0.15) is 18.9 Å². The van der Waals surface area contributed by atoms with E-state index in [-0.39, 0.29) is 31.8 Å². The molecular formula is C32H45NO5. The van der Waals surface area contributed by atoms with Crippen LogP contribution in [0, 0.1) is 17.8 Å². The molecule has 1 aromatic rings. The van der Waals surface area contributed by atoms with Crippen LogP contribution < -0.4 is 5.32 Å². The van der Waals surface area contributed by atoms with Gasteiger partial charge in [0.15, 0.2) is 6.61 Å². The van der Waals surface area contributed by atoms with Crippen LogP contribution in [-0.2, 0) is 25.7 Å². The summed E-state index contributed by atoms with van der Waals surface area (Å²) in [7, 11) is 0. The quantitative estimate of drug-likeness (QED) is 0.167. The molecule has 0 aromatic heterocycles. The van der Waals surface area contributed by atoms with Crippen molar-refractivity contribution in [2.75, 3.05) is 13.2 Å². The highest BCUT2D eigenvalue weighted by atomic mass is 16.5. The SMILES string of the molecule is C=C/C(OCC(=O)NCC(=O)OCc1ccccc1)=C1/C[C@H]2CC[C@H](CCC(O)CCCCC)[C@H]2CC1=C. The summed E-state index contributed by atoms with van der Waals surface area (Å²) in [6, 6.07) is 9.39. The van der Waals surface area contributed by atoms with Crippen molar-refractivity contribution in [2.24, 2.45) is 17.8 Å². The van der Waals surface area contributed by atoms with Gasteiger partial charge in [-0.25, -0.2) is 0 Å². The zero-order valence-electron chi connectivity index (χ0n) is 23.0. The molecule has 1 amide bonds. The van der Waals surface area contributed by atoms with Gasteiger partial charge >= 0.3 is 5.97 Å². The zero-order valence-corrected chi connectivity index (χ0v) is 23.0. The Labute approximate surface area is 228 Å². The smallest absolute Gasteiger partial charge is 0.325 e. The van der Waals surface area contributed by atoms with E-state index in [2.05, 4.69) is 25.4 Å². The first-order valence-electron chi connectivity index (χ1n) is 14.2. The molecule has 2 saturated carbocycles. The summed E-state index contributed by atoms with van der Waals surface area (Å²) in [4.78, 5) is 24.3. The number of allylic oxidation sites excluding steroid dienone is 3. The van der Waals surface area contributed by atoms with Crippen LogP contribution >= 0.6 is 0 Å². The molecule has 0 radical (unpaired) electrons. The van der Waals surface area contributed by atoms with E-state index in [0.29, 0.717) is 23.5 Å². The molecule has 6 heteroatoms. The summed E-state index contributed by atoms with van der Waals surface area (Å²) in [5.41, 5.74) is 3.00. The molecule has 0 heterocycles. The number of esters is 1. The number of hydrogen-bond donors (Lipinski definition) is 2. The molecule has 1 unspecified atom stereocenters. The van der Waals surface area contributed by atoms with Crippen molar-refractivity contribution in [3.05, 3.63) is 72.0 Å². The molecule has 0 spiro atoms. The van der Waals surface area contributed by atoms with E-state index in [1.165, 1.54) is 25.7 Å². The molecular weight excluding hydrogens is 478 g/mol. The summed E-state index contributed by atoms with van der Waals surface area (Å²) in [5, 5.41) is 12.9. The van der Waals surface area contributed by atoms with Gasteiger partial charge in [0.05, 0.1) is 6.10 Å². The molecule has 0 aliphatic heterocycles. The van der Waals surface area contributed by atoms with Crippen LogP contribution in [0.5, 0.6) is 0 Å². The molecule has 2 fully saturated rings. The third-order valence-electron chi connectivity index (χ3n) is 8.02. The predicted octanol–water partition coefficient (Wildman–Crippen LogP) is 6.02. The van der Waals surface area contributed by atoms with Gasteiger partial charge in [0.25, 0.3) is 5.91 Å². The fourth-order valence-corrected chi connectivity index (χ4v) is 5.88. The largest absolute Gasteiger partial charge is 0.484 e. The second-order valence-electron chi connectivity index (χ2n) is 10.8. The van der Waals surface area contributed by atoms with Crippen LogP contribution in [0.15, 0.2) is 66.5 Å². The number of carbonyl (C=O) groups is 2. The molecule has 2 aliphatic carbocycles. The number of hydrogen-bond acceptors (Lipinski definition) is 5. The first-order valence-corrected chi connectivity index (χ1v) is 14.2. The molecule has 6 nitrogen and oxygen atoms in total. The van der Waals surface area contributed by atoms with Crippen LogP contribution in [0.25, 0.3) is 0 Å². The minimum absolute atomic E-state index is 0.170. The minimum Gasteiger partial charge on any atom is -0.484 e. The van der Waals surface area contributed by atoms with Crippen molar-refractivity contribution in [1.82, 2.24) is 5.32 Å². The van der Waals surface area contributed by atoms with Gasteiger partial charge in [0, 0.05) is 0 Å². The second-order valence-corrected chi connectivity index (χ2v) is 10.8. The monoisotopic (exact) mass is 523 g/mol. The Hall–Kier alpha value is -2.86. The van der Waals surface area contributed by atoms with Gasteiger partial charge in [0.2, 0.25) is 0 Å². The summed E-state index contributed by atoms with van der Waals surface area (Å²) >= 11 is 0. The molecule has 3 rings (SSSR count). The van der Waals surface area contributed by atoms with Crippen molar-refractivity contribution in [1.29, 1.82) is 0 Å². The molecule has 1 aromatic carbocycles. The Morgan fingerprint density at radius 1 is 1.13 bits per heavy atom. The van der Waals surface area contributed by atoms with Gasteiger partial charge in [-0.1, -0.05) is 69.7 Å². The number of rotatable bonds is 15. The Morgan fingerprint density at radius 3 is 2.66 bits per heavy atom. The molecule has 208 valence electrons. The topological polar surface area (TPSA) is 84.9 Å². The zero-order chi connectivity index (χ0) is 27.3. The summed E-state index contributed by atoms with van der Waals surface area (Å²) in [6.45, 7) is 10.2. The van der Waals surface area contributed by atoms with Crippen LogP contribution in [0.2, 0.25) is 0 Å². The van der Waals surface area contributed by atoms with Crippen LogP contribution in [0.3, 0.4) is 0 Å². The van der Waals surface area contributed by atoms with E-state index in [9.17, 15) is 14.7 Å². The average Bonchev–Trinajstić information content (AvgIpc) is 3.32. The predicted molar refractivity (Wildman–Crippen MR) is 150 cm³/mol. The van der Waals surface area contributed by atoms with Crippen molar-refractivity contribution in [3.8, 4) is 0 Å². The maximum absolute atomic E-state index is 12.3. The Balaban J connectivity index is 1.42. The van der Waals surface area contributed by atoms with E-state index >= 15 is 0 Å². The fourth-order valence-electron chi connectivity index (χ4n) is 5.88. The van der Waals surface area contributed by atoms with Gasteiger partial charge in [-0.15, -0.1) is 0 Å². The molecule has 0 bridgehead atoms. The number of aliphatic hydroxyl groups excluding tert-OH is 1. The highest BCUT2D eigenvalue weighted by Gasteiger charge is 2.40. The lowest BCUT2D eigenvalue weighted by atomic mass is 9.72. The van der Waals surface area contributed by atoms with E-state index in [0.717, 1.165) is 55.2 Å². The molecule has 4 atom stereocenters. The molecule has 38 heavy (non-hydrogen) atoms. The van der Waals surface area contributed by atoms with Crippen molar-refractivity contribution in [3.63, 3.8) is 0 Å². The molecule has 2 aliphatic rings. The van der Waals surface area contributed by atoms with E-state index in [4.69, 9.17) is 9.47 Å². The average molecular weight is 524 g/mol. The molecule has 2 N–H and O–H groups in total. The Kier molecular flexibility index (Phi) is 12.1. The maximum Gasteiger partial charge on any atom is 0.325 e. The summed E-state index contributed by atoms with van der Waals surface area (Å²) in [5.74, 6) is 1.53. The second kappa shape index (κ2) is 15.5. The number of fused-ring (bicyclic) bond motifs is 1. The lowest BCUT2D eigenvalue weighted by Gasteiger charge is -2.33. The Bertz CT molecular complexity index is 969. The number of aliphatic hydroxyl groups is 1. The van der Waals surface area contributed by atoms with Crippen molar-refractivity contribution in [2.45, 2.75) is 83.8 Å². The standard InChI is InChI=1S/C32H45NO5/c1-4-6-8-13-27(34)17-16-25-14-15-26-19-28(23(3)18-29(25)26)30(5-2)37-22-31(35)33-20-32(36)38-21-24-11-9-7-10-12-24/h5,7,9-12,25-27,29,34H,2-4,6,8,13-22H2,1H3,(H,33,35)/b30-28+/t25-,26-,27?,29-/m1/s1. The summed E-state index contributed by atoms with van der Waals surface area (Å²) in [6.07, 6.45) is 12.0.